The van der Waals surface area contributed by atoms with Gasteiger partial charge in [-0.2, -0.15) is 0 Å². The number of rotatable bonds is 7. The van der Waals surface area contributed by atoms with E-state index in [2.05, 4.69) is 10.3 Å². The van der Waals surface area contributed by atoms with Crippen LogP contribution >= 0.6 is 11.3 Å². The SMILES string of the molecule is Cc1nc(COc2ccccc2/C=C/C(=O)NCc2ccc(F)cc2)cs1. The minimum atomic E-state index is -0.297. The first-order chi connectivity index (χ1) is 13.1. The summed E-state index contributed by atoms with van der Waals surface area (Å²) < 4.78 is 18.7. The lowest BCUT2D eigenvalue weighted by Gasteiger charge is -2.08. The number of thiazole rings is 1. The summed E-state index contributed by atoms with van der Waals surface area (Å²) in [4.78, 5) is 16.4. The second-order valence-electron chi connectivity index (χ2n) is 5.86. The Morgan fingerprint density at radius 2 is 2.00 bits per heavy atom. The Hall–Kier alpha value is -2.99. The molecule has 3 aromatic rings. The van der Waals surface area contributed by atoms with Crippen molar-refractivity contribution in [3.8, 4) is 5.75 Å². The molecule has 0 fully saturated rings. The number of para-hydroxylation sites is 1. The van der Waals surface area contributed by atoms with Crippen LogP contribution in [-0.2, 0) is 17.9 Å². The number of nitrogens with one attached hydrogen (secondary N) is 1. The molecule has 0 saturated heterocycles. The van der Waals surface area contributed by atoms with E-state index >= 15 is 0 Å². The van der Waals surface area contributed by atoms with Crippen molar-refractivity contribution < 1.29 is 13.9 Å². The first kappa shape index (κ1) is 18.8. The molecule has 0 atom stereocenters. The molecule has 0 spiro atoms. The zero-order valence-electron chi connectivity index (χ0n) is 14.8. The molecule has 6 heteroatoms. The number of amides is 1. The number of carbonyl (C=O) groups excluding carboxylic acids is 1. The van der Waals surface area contributed by atoms with E-state index in [-0.39, 0.29) is 11.7 Å². The van der Waals surface area contributed by atoms with Crippen molar-refractivity contribution in [3.05, 3.63) is 87.6 Å². The van der Waals surface area contributed by atoms with Crippen LogP contribution in [0.1, 0.15) is 21.8 Å². The van der Waals surface area contributed by atoms with E-state index in [9.17, 15) is 9.18 Å². The van der Waals surface area contributed by atoms with Gasteiger partial charge in [0.25, 0.3) is 0 Å². The Morgan fingerprint density at radius 3 is 2.74 bits per heavy atom. The summed E-state index contributed by atoms with van der Waals surface area (Å²) in [7, 11) is 0. The summed E-state index contributed by atoms with van der Waals surface area (Å²) in [6.45, 7) is 2.67. The van der Waals surface area contributed by atoms with Gasteiger partial charge in [-0.15, -0.1) is 11.3 Å². The van der Waals surface area contributed by atoms with Crippen LogP contribution < -0.4 is 10.1 Å². The molecule has 4 nitrogen and oxygen atoms in total. The molecule has 0 unspecified atom stereocenters. The molecule has 0 aliphatic rings. The number of halogens is 1. The molecule has 1 N–H and O–H groups in total. The predicted octanol–water partition coefficient (Wildman–Crippen LogP) is 4.50. The smallest absolute Gasteiger partial charge is 0.244 e. The number of hydrogen-bond donors (Lipinski definition) is 1. The topological polar surface area (TPSA) is 51.2 Å². The highest BCUT2D eigenvalue weighted by atomic mass is 32.1. The van der Waals surface area contributed by atoms with Crippen molar-refractivity contribution in [1.82, 2.24) is 10.3 Å². The molecule has 0 aliphatic heterocycles. The summed E-state index contributed by atoms with van der Waals surface area (Å²) in [5.41, 5.74) is 2.52. The Balaban J connectivity index is 1.57. The van der Waals surface area contributed by atoms with Gasteiger partial charge in [-0.25, -0.2) is 9.37 Å². The molecule has 1 amide bonds. The number of hydrogen-bond acceptors (Lipinski definition) is 4. The summed E-state index contributed by atoms with van der Waals surface area (Å²) in [5, 5.41) is 5.74. The second kappa shape index (κ2) is 9.09. The maximum atomic E-state index is 12.9. The summed E-state index contributed by atoms with van der Waals surface area (Å²) in [5.74, 6) is 0.157. The summed E-state index contributed by atoms with van der Waals surface area (Å²) >= 11 is 1.58. The molecule has 0 radical (unpaired) electrons. The molecule has 1 heterocycles. The molecular formula is C21H19FN2O2S. The molecular weight excluding hydrogens is 363 g/mol. The fourth-order valence-corrected chi connectivity index (χ4v) is 2.99. The quantitative estimate of drug-likeness (QED) is 0.612. The van der Waals surface area contributed by atoms with Gasteiger partial charge in [0.1, 0.15) is 18.2 Å². The van der Waals surface area contributed by atoms with Crippen molar-refractivity contribution in [3.63, 3.8) is 0 Å². The maximum absolute atomic E-state index is 12.9. The summed E-state index contributed by atoms with van der Waals surface area (Å²) in [6, 6.07) is 13.5. The highest BCUT2D eigenvalue weighted by Gasteiger charge is 2.04. The number of ether oxygens (including phenoxy) is 1. The Morgan fingerprint density at radius 1 is 1.22 bits per heavy atom. The zero-order valence-corrected chi connectivity index (χ0v) is 15.6. The number of aryl methyl sites for hydroxylation is 1. The Labute approximate surface area is 161 Å². The van der Waals surface area contributed by atoms with E-state index in [1.165, 1.54) is 18.2 Å². The van der Waals surface area contributed by atoms with Crippen molar-refractivity contribution in [2.75, 3.05) is 0 Å². The van der Waals surface area contributed by atoms with E-state index in [0.29, 0.717) is 18.9 Å². The number of carbonyl (C=O) groups is 1. The highest BCUT2D eigenvalue weighted by Crippen LogP contribution is 2.21. The molecule has 3 rings (SSSR count). The van der Waals surface area contributed by atoms with Gasteiger partial charge >= 0.3 is 0 Å². The van der Waals surface area contributed by atoms with Crippen LogP contribution in [0.5, 0.6) is 5.75 Å². The third kappa shape index (κ3) is 5.76. The average molecular weight is 382 g/mol. The predicted molar refractivity (Wildman–Crippen MR) is 105 cm³/mol. The van der Waals surface area contributed by atoms with Gasteiger partial charge in [0, 0.05) is 23.6 Å². The van der Waals surface area contributed by atoms with E-state index in [0.717, 1.165) is 21.8 Å². The van der Waals surface area contributed by atoms with Gasteiger partial charge < -0.3 is 10.1 Å². The average Bonchev–Trinajstić information content (AvgIpc) is 3.10. The standard InChI is InChI=1S/C21H19FN2O2S/c1-15-24-19(14-27-15)13-26-20-5-3-2-4-17(20)8-11-21(25)23-12-16-6-9-18(22)10-7-16/h2-11,14H,12-13H2,1H3,(H,23,25)/b11-8+. The molecule has 138 valence electrons. The first-order valence-electron chi connectivity index (χ1n) is 8.43. The molecule has 0 saturated carbocycles. The largest absolute Gasteiger partial charge is 0.487 e. The second-order valence-corrected chi connectivity index (χ2v) is 6.92. The molecule has 0 bridgehead atoms. The van der Waals surface area contributed by atoms with Crippen molar-refractivity contribution in [2.45, 2.75) is 20.1 Å². The van der Waals surface area contributed by atoms with E-state index in [1.54, 1.807) is 29.5 Å². The zero-order chi connectivity index (χ0) is 19.1. The van der Waals surface area contributed by atoms with Gasteiger partial charge in [-0.3, -0.25) is 4.79 Å². The van der Waals surface area contributed by atoms with Crippen molar-refractivity contribution in [1.29, 1.82) is 0 Å². The Kier molecular flexibility index (Phi) is 6.33. The van der Waals surface area contributed by atoms with Gasteiger partial charge in [0.2, 0.25) is 5.91 Å². The van der Waals surface area contributed by atoms with Crippen LogP contribution in [0.15, 0.2) is 60.0 Å². The highest BCUT2D eigenvalue weighted by molar-refractivity contribution is 7.09. The number of nitrogens with zero attached hydrogens (tertiary/aromatic N) is 1. The lowest BCUT2D eigenvalue weighted by molar-refractivity contribution is -0.116. The lowest BCUT2D eigenvalue weighted by Crippen LogP contribution is -2.20. The minimum Gasteiger partial charge on any atom is -0.487 e. The van der Waals surface area contributed by atoms with E-state index in [1.807, 2.05) is 36.6 Å². The van der Waals surface area contributed by atoms with Crippen LogP contribution in [0.25, 0.3) is 6.08 Å². The monoisotopic (exact) mass is 382 g/mol. The van der Waals surface area contributed by atoms with Crippen LogP contribution in [0.3, 0.4) is 0 Å². The van der Waals surface area contributed by atoms with Crippen LogP contribution in [0.2, 0.25) is 0 Å². The fraction of sp³-hybridized carbons (Fsp3) is 0.143. The lowest BCUT2D eigenvalue weighted by atomic mass is 10.2. The number of benzene rings is 2. The van der Waals surface area contributed by atoms with Crippen molar-refractivity contribution in [2.24, 2.45) is 0 Å². The molecule has 27 heavy (non-hydrogen) atoms. The third-order valence-electron chi connectivity index (χ3n) is 3.76. The van der Waals surface area contributed by atoms with Crippen LogP contribution in [0, 0.1) is 12.7 Å². The normalized spacial score (nSPS) is 10.9. The van der Waals surface area contributed by atoms with Gasteiger partial charge in [-0.05, 0) is 36.8 Å². The summed E-state index contributed by atoms with van der Waals surface area (Å²) in [6.07, 6.45) is 3.17. The molecule has 1 aromatic heterocycles. The van der Waals surface area contributed by atoms with Crippen molar-refractivity contribution >= 4 is 23.3 Å². The van der Waals surface area contributed by atoms with Gasteiger partial charge in [-0.1, -0.05) is 30.3 Å². The Bertz CT molecular complexity index is 935. The maximum Gasteiger partial charge on any atom is 0.244 e. The molecule has 0 aliphatic carbocycles. The first-order valence-corrected chi connectivity index (χ1v) is 9.31. The molecule has 2 aromatic carbocycles. The van der Waals surface area contributed by atoms with Gasteiger partial charge in [0.05, 0.1) is 10.7 Å². The number of aromatic nitrogens is 1. The minimum absolute atomic E-state index is 0.232. The van der Waals surface area contributed by atoms with Gasteiger partial charge in [0.15, 0.2) is 0 Å². The third-order valence-corrected chi connectivity index (χ3v) is 4.58. The fourth-order valence-electron chi connectivity index (χ4n) is 2.39. The van der Waals surface area contributed by atoms with Crippen LogP contribution in [0.4, 0.5) is 4.39 Å². The van der Waals surface area contributed by atoms with E-state index < -0.39 is 0 Å². The van der Waals surface area contributed by atoms with Crippen LogP contribution in [-0.4, -0.2) is 10.9 Å². The van der Waals surface area contributed by atoms with E-state index in [4.69, 9.17) is 4.74 Å².